The van der Waals surface area contributed by atoms with Crippen LogP contribution < -0.4 is 4.72 Å². The van der Waals surface area contributed by atoms with Crippen LogP contribution in [0.25, 0.3) is 0 Å². The van der Waals surface area contributed by atoms with Crippen molar-refractivity contribution in [2.45, 2.75) is 20.0 Å². The molecule has 0 aromatic heterocycles. The molecule has 0 aliphatic carbocycles. The normalized spacial score (nSPS) is 11.3. The highest BCUT2D eigenvalue weighted by Crippen LogP contribution is 1.93. The molecule has 0 fully saturated rings. The van der Waals surface area contributed by atoms with Gasteiger partial charge < -0.3 is 4.74 Å². The topological polar surface area (TPSA) is 72.5 Å². The maximum Gasteiger partial charge on any atom is 0.422 e. The van der Waals surface area contributed by atoms with Crippen molar-refractivity contribution in [1.82, 2.24) is 4.72 Å². The molecular weight excluding hydrogens is 194 g/mol. The molecule has 66 valence electrons. The smallest absolute Gasteiger partial charge is 0.422 e. The molecule has 0 aromatic carbocycles. The Morgan fingerprint density at radius 3 is 2.27 bits per heavy atom. The van der Waals surface area contributed by atoms with Crippen LogP contribution in [0.15, 0.2) is 0 Å². The van der Waals surface area contributed by atoms with E-state index in [1.54, 1.807) is 13.8 Å². The van der Waals surface area contributed by atoms with Gasteiger partial charge in [-0.1, -0.05) is 0 Å². The quantitative estimate of drug-likeness (QED) is 0.665. The lowest BCUT2D eigenvalue weighted by atomic mass is 10.5. The van der Waals surface area contributed by atoms with Crippen molar-refractivity contribution in [2.75, 3.05) is 0 Å². The van der Waals surface area contributed by atoms with E-state index in [1.165, 1.54) is 4.72 Å². The van der Waals surface area contributed by atoms with Gasteiger partial charge in [-0.2, -0.15) is 8.42 Å². The minimum atomic E-state index is -4.02. The molecule has 5 nitrogen and oxygen atoms in total. The molecular formula is C4H8ClNO4S. The second kappa shape index (κ2) is 3.77. The number of hydrogen-bond acceptors (Lipinski definition) is 4. The molecule has 0 aromatic rings. The zero-order chi connectivity index (χ0) is 9.07. The number of halogens is 1. The Morgan fingerprint density at radius 1 is 1.55 bits per heavy atom. The first-order chi connectivity index (χ1) is 4.81. The number of rotatable bonds is 2. The molecule has 0 saturated carbocycles. The van der Waals surface area contributed by atoms with E-state index >= 15 is 0 Å². The summed E-state index contributed by atoms with van der Waals surface area (Å²) in [6, 6.07) is 0. The predicted octanol–water partition coefficient (Wildman–Crippen LogP) is 0.605. The fourth-order valence-electron chi connectivity index (χ4n) is 0.338. The summed E-state index contributed by atoms with van der Waals surface area (Å²) >= 11 is 0. The summed E-state index contributed by atoms with van der Waals surface area (Å²) in [7, 11) is 0.650. The average Bonchev–Trinajstić information content (AvgIpc) is 1.53. The summed E-state index contributed by atoms with van der Waals surface area (Å²) in [5.41, 5.74) is 0. The van der Waals surface area contributed by atoms with Crippen molar-refractivity contribution in [1.29, 1.82) is 0 Å². The van der Waals surface area contributed by atoms with Crippen molar-refractivity contribution in [3.63, 3.8) is 0 Å². The first-order valence-corrected chi connectivity index (χ1v) is 5.05. The van der Waals surface area contributed by atoms with Gasteiger partial charge in [0.2, 0.25) is 0 Å². The Kier molecular flexibility index (Phi) is 3.61. The summed E-state index contributed by atoms with van der Waals surface area (Å²) in [6.07, 6.45) is -1.46. The van der Waals surface area contributed by atoms with Crippen LogP contribution >= 0.6 is 10.7 Å². The minimum Gasteiger partial charge on any atom is -0.446 e. The molecule has 0 spiro atoms. The van der Waals surface area contributed by atoms with Gasteiger partial charge in [0.15, 0.2) is 0 Å². The first kappa shape index (κ1) is 10.5. The molecule has 0 unspecified atom stereocenters. The van der Waals surface area contributed by atoms with Gasteiger partial charge in [0, 0.05) is 10.7 Å². The van der Waals surface area contributed by atoms with Crippen LogP contribution in [0.4, 0.5) is 4.79 Å². The highest BCUT2D eigenvalue weighted by atomic mass is 35.7. The lowest BCUT2D eigenvalue weighted by Gasteiger charge is -2.06. The summed E-state index contributed by atoms with van der Waals surface area (Å²) in [5.74, 6) is 0. The second-order valence-electron chi connectivity index (χ2n) is 1.99. The number of amides is 1. The van der Waals surface area contributed by atoms with Gasteiger partial charge >= 0.3 is 15.3 Å². The van der Waals surface area contributed by atoms with E-state index in [0.29, 0.717) is 0 Å². The van der Waals surface area contributed by atoms with Crippen LogP contribution in [0, 0.1) is 0 Å². The monoisotopic (exact) mass is 201 g/mol. The fraction of sp³-hybridized carbons (Fsp3) is 0.750. The number of ether oxygens (including phenoxy) is 1. The summed E-state index contributed by atoms with van der Waals surface area (Å²) in [4.78, 5) is 10.5. The van der Waals surface area contributed by atoms with E-state index in [9.17, 15) is 13.2 Å². The standard InChI is InChI=1S/C4H8ClNO4S/c1-3(2)10-4(7)6-11(5,8)9/h3H,1-2H3,(H,6,7). The third-order valence-electron chi connectivity index (χ3n) is 0.548. The number of carbonyl (C=O) groups excluding carboxylic acids is 1. The predicted molar refractivity (Wildman–Crippen MR) is 39.5 cm³/mol. The van der Waals surface area contributed by atoms with E-state index in [-0.39, 0.29) is 6.10 Å². The molecule has 0 bridgehead atoms. The number of carbonyl (C=O) groups is 1. The molecule has 1 N–H and O–H groups in total. The SMILES string of the molecule is CC(C)OC(=O)NS(=O)(=O)Cl. The van der Waals surface area contributed by atoms with Crippen molar-refractivity contribution < 1.29 is 17.9 Å². The summed E-state index contributed by atoms with van der Waals surface area (Å²) in [6.45, 7) is 3.17. The molecule has 0 rings (SSSR count). The maximum atomic E-state index is 10.5. The molecule has 0 aliphatic heterocycles. The highest BCUT2D eigenvalue weighted by molar-refractivity contribution is 8.12. The van der Waals surface area contributed by atoms with Crippen LogP contribution in [-0.4, -0.2) is 20.6 Å². The van der Waals surface area contributed by atoms with Crippen molar-refractivity contribution in [3.8, 4) is 0 Å². The molecule has 1 amide bonds. The molecule has 0 atom stereocenters. The van der Waals surface area contributed by atoms with Crippen LogP contribution in [0.2, 0.25) is 0 Å². The molecule has 0 radical (unpaired) electrons. The van der Waals surface area contributed by atoms with Crippen LogP contribution in [0.3, 0.4) is 0 Å². The molecule has 0 aliphatic rings. The Morgan fingerprint density at radius 2 is 2.00 bits per heavy atom. The zero-order valence-corrected chi connectivity index (χ0v) is 7.57. The summed E-state index contributed by atoms with van der Waals surface area (Å²) < 4.78 is 26.2. The van der Waals surface area contributed by atoms with Gasteiger partial charge in [0.1, 0.15) is 0 Å². The third kappa shape index (κ3) is 7.41. The van der Waals surface area contributed by atoms with Gasteiger partial charge in [-0.25, -0.2) is 9.52 Å². The van der Waals surface area contributed by atoms with Crippen molar-refractivity contribution in [2.24, 2.45) is 0 Å². The first-order valence-electron chi connectivity index (χ1n) is 2.74. The molecule has 0 saturated heterocycles. The van der Waals surface area contributed by atoms with Gasteiger partial charge in [-0.05, 0) is 13.8 Å². The van der Waals surface area contributed by atoms with Gasteiger partial charge in [-0.3, -0.25) is 0 Å². The van der Waals surface area contributed by atoms with Gasteiger partial charge in [0.25, 0.3) is 0 Å². The van der Waals surface area contributed by atoms with E-state index in [1.807, 2.05) is 0 Å². The van der Waals surface area contributed by atoms with E-state index in [2.05, 4.69) is 15.4 Å². The summed E-state index contributed by atoms with van der Waals surface area (Å²) in [5, 5.41) is 0. The Hall–Kier alpha value is -0.490. The van der Waals surface area contributed by atoms with Crippen LogP contribution in [-0.2, 0) is 14.0 Å². The minimum absolute atomic E-state index is 0.381. The van der Waals surface area contributed by atoms with E-state index in [4.69, 9.17) is 0 Å². The Balaban J connectivity index is 3.91. The molecule has 0 heterocycles. The van der Waals surface area contributed by atoms with Gasteiger partial charge in [0.05, 0.1) is 6.10 Å². The van der Waals surface area contributed by atoms with Crippen molar-refractivity contribution >= 4 is 26.0 Å². The number of nitrogens with one attached hydrogen (secondary N) is 1. The second-order valence-corrected chi connectivity index (χ2v) is 4.29. The Labute approximate surface area is 69.2 Å². The molecule has 7 heteroatoms. The largest absolute Gasteiger partial charge is 0.446 e. The lowest BCUT2D eigenvalue weighted by molar-refractivity contribution is 0.121. The van der Waals surface area contributed by atoms with Crippen molar-refractivity contribution in [3.05, 3.63) is 0 Å². The van der Waals surface area contributed by atoms with Crippen LogP contribution in [0.1, 0.15) is 13.8 Å². The highest BCUT2D eigenvalue weighted by Gasteiger charge is 2.12. The average molecular weight is 202 g/mol. The number of hydrogen-bond donors (Lipinski definition) is 1. The van der Waals surface area contributed by atoms with E-state index in [0.717, 1.165) is 0 Å². The fourth-order valence-corrected chi connectivity index (χ4v) is 0.774. The van der Waals surface area contributed by atoms with Gasteiger partial charge in [-0.15, -0.1) is 0 Å². The lowest BCUT2D eigenvalue weighted by Crippen LogP contribution is -2.29. The molecule has 11 heavy (non-hydrogen) atoms. The third-order valence-corrected chi connectivity index (χ3v) is 1.19. The van der Waals surface area contributed by atoms with E-state index < -0.39 is 15.3 Å². The Bertz CT molecular complexity index is 234. The zero-order valence-electron chi connectivity index (χ0n) is 6.00. The maximum absolute atomic E-state index is 10.5. The van der Waals surface area contributed by atoms with Crippen LogP contribution in [0.5, 0.6) is 0 Å².